The smallest absolute Gasteiger partial charge is 0.325 e. The molecular formula is C19H26N6O6. The first-order chi connectivity index (χ1) is 14.8. The molecule has 2 aliphatic rings. The number of likely N-dealkylation sites (N-methyl/N-ethyl adjacent to an activating group) is 1. The Morgan fingerprint density at radius 2 is 2.03 bits per heavy atom. The van der Waals surface area contributed by atoms with E-state index in [1.165, 1.54) is 29.2 Å². The molecule has 2 aliphatic heterocycles. The highest BCUT2D eigenvalue weighted by Crippen LogP contribution is 2.22. The molecule has 0 saturated carbocycles. The van der Waals surface area contributed by atoms with Crippen molar-refractivity contribution < 1.29 is 24.4 Å². The fraction of sp³-hybridized carbons (Fsp3) is 0.526. The van der Waals surface area contributed by atoms with E-state index in [0.29, 0.717) is 18.3 Å². The molecule has 3 atom stereocenters. The number of non-ortho nitro benzene ring substituents is 1. The third-order valence-electron chi connectivity index (χ3n) is 5.09. The number of carbonyl (C=O) groups excluding carboxylic acids is 2. The van der Waals surface area contributed by atoms with Crippen LogP contribution in [-0.2, 0) is 4.79 Å². The van der Waals surface area contributed by atoms with Crippen LogP contribution in [-0.4, -0.2) is 82.8 Å². The molecule has 0 bridgehead atoms. The van der Waals surface area contributed by atoms with Gasteiger partial charge in [-0.3, -0.25) is 25.2 Å². The number of nitro benzene ring substituents is 1. The Morgan fingerprint density at radius 3 is 2.68 bits per heavy atom. The molecule has 2 saturated heterocycles. The maximum absolute atomic E-state index is 12.5. The lowest BCUT2D eigenvalue weighted by Crippen LogP contribution is -2.65. The second-order valence-corrected chi connectivity index (χ2v) is 7.37. The number of fused-ring (bicyclic) bond motifs is 1. The zero-order valence-electron chi connectivity index (χ0n) is 17.4. The summed E-state index contributed by atoms with van der Waals surface area (Å²) in [7, 11) is 1.58. The minimum atomic E-state index is -0.983. The molecule has 0 spiro atoms. The molecule has 0 aliphatic carbocycles. The molecule has 3 unspecified atom stereocenters. The molecule has 0 aromatic heterocycles. The second kappa shape index (κ2) is 9.60. The minimum Gasteiger partial charge on any atom is -0.491 e. The van der Waals surface area contributed by atoms with Crippen LogP contribution in [0.5, 0.6) is 5.75 Å². The molecule has 1 aromatic carbocycles. The summed E-state index contributed by atoms with van der Waals surface area (Å²) in [5.74, 6) is 0.346. The number of nitrogens with zero attached hydrogens (tertiary/aromatic N) is 4. The Hall–Kier alpha value is -3.41. The van der Waals surface area contributed by atoms with E-state index < -0.39 is 35.2 Å². The number of ether oxygens (including phenoxy) is 1. The van der Waals surface area contributed by atoms with Gasteiger partial charge in [-0.25, -0.2) is 4.79 Å². The third kappa shape index (κ3) is 5.02. The summed E-state index contributed by atoms with van der Waals surface area (Å²) in [6.45, 7) is 2.54. The Balaban J connectivity index is 1.68. The zero-order valence-corrected chi connectivity index (χ0v) is 17.4. The van der Waals surface area contributed by atoms with Gasteiger partial charge in [0.25, 0.3) is 11.6 Å². The molecule has 3 amide bonds. The van der Waals surface area contributed by atoms with Gasteiger partial charge < -0.3 is 25.0 Å². The molecule has 12 heteroatoms. The van der Waals surface area contributed by atoms with Crippen LogP contribution >= 0.6 is 0 Å². The average Bonchev–Trinajstić information content (AvgIpc) is 3.10. The summed E-state index contributed by atoms with van der Waals surface area (Å²) in [6.07, 6.45) is 0.238. The van der Waals surface area contributed by atoms with Crippen molar-refractivity contribution >= 4 is 23.6 Å². The molecule has 31 heavy (non-hydrogen) atoms. The van der Waals surface area contributed by atoms with Crippen LogP contribution in [0.15, 0.2) is 29.3 Å². The number of aliphatic hydroxyl groups is 1. The number of nitrogens with one attached hydrogen (secondary N) is 2. The number of unbranched alkanes of at least 4 members (excludes halogenated alkanes) is 1. The van der Waals surface area contributed by atoms with Crippen LogP contribution in [0.1, 0.15) is 19.8 Å². The summed E-state index contributed by atoms with van der Waals surface area (Å²) in [6, 6.07) is 4.28. The molecule has 12 nitrogen and oxygen atoms in total. The number of imide groups is 1. The van der Waals surface area contributed by atoms with Gasteiger partial charge in [0.1, 0.15) is 24.6 Å². The lowest BCUT2D eigenvalue weighted by molar-refractivity contribution is -0.384. The van der Waals surface area contributed by atoms with Crippen molar-refractivity contribution in [1.29, 1.82) is 0 Å². The van der Waals surface area contributed by atoms with Gasteiger partial charge >= 0.3 is 6.03 Å². The van der Waals surface area contributed by atoms with E-state index in [0.717, 1.165) is 12.8 Å². The van der Waals surface area contributed by atoms with Crippen LogP contribution in [0, 0.1) is 10.1 Å². The molecule has 0 radical (unpaired) electrons. The quantitative estimate of drug-likeness (QED) is 0.285. The van der Waals surface area contributed by atoms with Gasteiger partial charge in [0.05, 0.1) is 11.5 Å². The predicted molar refractivity (Wildman–Crippen MR) is 111 cm³/mol. The molecule has 1 aromatic rings. The van der Waals surface area contributed by atoms with Crippen molar-refractivity contribution in [3.63, 3.8) is 0 Å². The number of β-amino-alcohol motifs (C(OH)–C–C–N with tert-alkyl or cyclic N) is 1. The van der Waals surface area contributed by atoms with Gasteiger partial charge in [0.15, 0.2) is 12.0 Å². The van der Waals surface area contributed by atoms with E-state index in [9.17, 15) is 24.8 Å². The van der Waals surface area contributed by atoms with E-state index >= 15 is 0 Å². The highest BCUT2D eigenvalue weighted by molar-refractivity contribution is 6.04. The van der Waals surface area contributed by atoms with Gasteiger partial charge in [-0.1, -0.05) is 13.3 Å². The fourth-order valence-electron chi connectivity index (χ4n) is 3.40. The van der Waals surface area contributed by atoms with E-state index in [2.05, 4.69) is 15.6 Å². The number of nitro groups is 1. The number of guanidine groups is 1. The monoisotopic (exact) mass is 434 g/mol. The maximum atomic E-state index is 12.5. The van der Waals surface area contributed by atoms with Gasteiger partial charge in [0, 0.05) is 25.7 Å². The first-order valence-corrected chi connectivity index (χ1v) is 10.0. The summed E-state index contributed by atoms with van der Waals surface area (Å²) in [5.41, 5.74) is -0.0583. The van der Waals surface area contributed by atoms with Crippen molar-refractivity contribution in [1.82, 2.24) is 20.4 Å². The van der Waals surface area contributed by atoms with E-state index in [4.69, 9.17) is 4.74 Å². The number of amides is 3. The second-order valence-electron chi connectivity index (χ2n) is 7.37. The third-order valence-corrected chi connectivity index (χ3v) is 5.09. The number of carbonyl (C=O) groups is 2. The SMILES string of the molecule is CCCCN=C1NC2C(C(=O)NC(=O)N2C)N1CC(O)COc1ccc([N+](=O)[O-])cc1. The van der Waals surface area contributed by atoms with Crippen LogP contribution in [0.2, 0.25) is 0 Å². The summed E-state index contributed by atoms with van der Waals surface area (Å²) < 4.78 is 5.52. The van der Waals surface area contributed by atoms with Crippen LogP contribution in [0.3, 0.4) is 0 Å². The number of aliphatic imine (C=N–C) groups is 1. The first kappa shape index (κ1) is 22.3. The van der Waals surface area contributed by atoms with Crippen LogP contribution in [0.25, 0.3) is 0 Å². The number of rotatable bonds is 9. The van der Waals surface area contributed by atoms with E-state index in [1.54, 1.807) is 11.9 Å². The Morgan fingerprint density at radius 1 is 1.32 bits per heavy atom. The topological polar surface area (TPSA) is 150 Å². The van der Waals surface area contributed by atoms with Crippen LogP contribution < -0.4 is 15.4 Å². The fourth-order valence-corrected chi connectivity index (χ4v) is 3.40. The molecular weight excluding hydrogens is 408 g/mol. The lowest BCUT2D eigenvalue weighted by Gasteiger charge is -2.35. The number of benzene rings is 1. The van der Waals surface area contributed by atoms with Crippen LogP contribution in [0.4, 0.5) is 10.5 Å². The standard InChI is InChI=1S/C19H26N6O6/c1-3-4-9-20-18-21-16-15(17(27)22-19(28)23(16)2)24(18)10-13(26)11-31-14-7-5-12(6-8-14)25(29)30/h5-8,13,15-16,26H,3-4,9-11H2,1-2H3,(H,20,21)(H,22,27,28). The van der Waals surface area contributed by atoms with Gasteiger partial charge in [-0.05, 0) is 18.6 Å². The largest absolute Gasteiger partial charge is 0.491 e. The highest BCUT2D eigenvalue weighted by Gasteiger charge is 2.50. The summed E-state index contributed by atoms with van der Waals surface area (Å²) >= 11 is 0. The van der Waals surface area contributed by atoms with Crippen molar-refractivity contribution in [3.8, 4) is 5.75 Å². The molecule has 2 heterocycles. The zero-order chi connectivity index (χ0) is 22.5. The molecule has 2 fully saturated rings. The van der Waals surface area contributed by atoms with Crippen molar-refractivity contribution in [2.45, 2.75) is 38.1 Å². The first-order valence-electron chi connectivity index (χ1n) is 10.0. The summed E-state index contributed by atoms with van der Waals surface area (Å²) in [5, 5.41) is 26.7. The normalized spacial score (nSPS) is 22.7. The molecule has 3 rings (SSSR count). The predicted octanol–water partition coefficient (Wildman–Crippen LogP) is 0.272. The summed E-state index contributed by atoms with van der Waals surface area (Å²) in [4.78, 5) is 42.2. The highest BCUT2D eigenvalue weighted by atomic mass is 16.6. The van der Waals surface area contributed by atoms with Crippen molar-refractivity contribution in [3.05, 3.63) is 34.4 Å². The van der Waals surface area contributed by atoms with Gasteiger partial charge in [-0.2, -0.15) is 0 Å². The number of hydrogen-bond acceptors (Lipinski definition) is 7. The Labute approximate surface area is 179 Å². The maximum Gasteiger partial charge on any atom is 0.325 e. The Kier molecular flexibility index (Phi) is 6.90. The number of urea groups is 1. The minimum absolute atomic E-state index is 0.0432. The van der Waals surface area contributed by atoms with E-state index in [1.807, 2.05) is 6.92 Å². The molecule has 3 N–H and O–H groups in total. The van der Waals surface area contributed by atoms with Gasteiger partial charge in [-0.15, -0.1) is 0 Å². The molecule has 168 valence electrons. The van der Waals surface area contributed by atoms with Crippen molar-refractivity contribution in [2.75, 3.05) is 26.7 Å². The van der Waals surface area contributed by atoms with E-state index in [-0.39, 0.29) is 18.8 Å². The van der Waals surface area contributed by atoms with Gasteiger partial charge in [0.2, 0.25) is 0 Å². The average molecular weight is 434 g/mol. The van der Waals surface area contributed by atoms with Crippen molar-refractivity contribution in [2.24, 2.45) is 4.99 Å². The number of hydrogen-bond donors (Lipinski definition) is 3. The Bertz CT molecular complexity index is 860. The number of aliphatic hydroxyl groups excluding tert-OH is 1. The lowest BCUT2D eigenvalue weighted by atomic mass is 10.1.